The first-order valence-corrected chi connectivity index (χ1v) is 8.48. The predicted octanol–water partition coefficient (Wildman–Crippen LogP) is 4.42. The molecule has 0 spiro atoms. The second-order valence-corrected chi connectivity index (χ2v) is 6.40. The number of methoxy groups -OCH3 is 1. The molecule has 0 amide bonds. The van der Waals surface area contributed by atoms with E-state index in [0.29, 0.717) is 18.6 Å². The Morgan fingerprint density at radius 3 is 2.52 bits per heavy atom. The number of halogens is 3. The van der Waals surface area contributed by atoms with Gasteiger partial charge in [-0.15, -0.1) is 0 Å². The van der Waals surface area contributed by atoms with E-state index >= 15 is 0 Å². The summed E-state index contributed by atoms with van der Waals surface area (Å²) in [7, 11) is 1.56. The van der Waals surface area contributed by atoms with Crippen LogP contribution in [0.2, 0.25) is 15.2 Å². The van der Waals surface area contributed by atoms with Gasteiger partial charge >= 0.3 is 0 Å². The number of nitriles is 1. The van der Waals surface area contributed by atoms with Crippen molar-refractivity contribution in [1.29, 1.82) is 5.26 Å². The van der Waals surface area contributed by atoms with E-state index in [1.807, 2.05) is 13.0 Å². The minimum Gasteiger partial charge on any atom is -0.383 e. The van der Waals surface area contributed by atoms with Gasteiger partial charge in [0, 0.05) is 13.3 Å². The van der Waals surface area contributed by atoms with Gasteiger partial charge in [-0.2, -0.15) is 5.26 Å². The summed E-state index contributed by atoms with van der Waals surface area (Å²) in [5.41, 5.74) is 0.202. The topological polar surface area (TPSA) is 79.9 Å². The molecule has 25 heavy (non-hydrogen) atoms. The van der Waals surface area contributed by atoms with Crippen molar-refractivity contribution in [3.63, 3.8) is 0 Å². The van der Waals surface area contributed by atoms with Crippen molar-refractivity contribution in [2.45, 2.75) is 19.4 Å². The van der Waals surface area contributed by atoms with Crippen LogP contribution in [-0.2, 0) is 4.74 Å². The van der Waals surface area contributed by atoms with E-state index in [1.165, 1.54) is 22.9 Å². The van der Waals surface area contributed by atoms with E-state index < -0.39 is 0 Å². The summed E-state index contributed by atoms with van der Waals surface area (Å²) >= 11 is 18.4. The number of aromatic nitrogens is 2. The standard InChI is InChI=1S/C16H15Cl3N4O2/c1-3-10(8-25-2)23-7-13(19)21-15(16(23)24)22-14-11(17)4-9(6-20)5-12(14)18/h4-5,7,10H,3,8H2,1-2H3,(H,21,22)/t10-/m1/s1. The van der Waals surface area contributed by atoms with Crippen LogP contribution >= 0.6 is 34.8 Å². The van der Waals surface area contributed by atoms with E-state index in [1.54, 1.807) is 7.11 Å². The van der Waals surface area contributed by atoms with Crippen LogP contribution in [0, 0.1) is 11.3 Å². The van der Waals surface area contributed by atoms with Gasteiger partial charge in [0.15, 0.2) is 5.82 Å². The van der Waals surface area contributed by atoms with Crippen LogP contribution < -0.4 is 10.9 Å². The molecule has 0 radical (unpaired) electrons. The van der Waals surface area contributed by atoms with Gasteiger partial charge in [0.1, 0.15) is 5.15 Å². The van der Waals surface area contributed by atoms with Gasteiger partial charge in [-0.05, 0) is 18.6 Å². The Bertz CT molecular complexity index is 854. The summed E-state index contributed by atoms with van der Waals surface area (Å²) in [5.74, 6) is -0.0180. The number of nitrogens with one attached hydrogen (secondary N) is 1. The fourth-order valence-corrected chi connectivity index (χ4v) is 3.07. The number of ether oxygens (including phenoxy) is 1. The Balaban J connectivity index is 2.50. The molecule has 1 N–H and O–H groups in total. The average molecular weight is 402 g/mol. The lowest BCUT2D eigenvalue weighted by Crippen LogP contribution is -2.29. The zero-order chi connectivity index (χ0) is 18.6. The van der Waals surface area contributed by atoms with Crippen molar-refractivity contribution in [3.8, 4) is 6.07 Å². The highest BCUT2D eigenvalue weighted by Crippen LogP contribution is 2.33. The smallest absolute Gasteiger partial charge is 0.294 e. The van der Waals surface area contributed by atoms with E-state index in [0.717, 1.165) is 0 Å². The molecule has 1 aromatic heterocycles. The Morgan fingerprint density at radius 1 is 1.36 bits per heavy atom. The van der Waals surface area contributed by atoms with Gasteiger partial charge in [0.05, 0.1) is 40.0 Å². The van der Waals surface area contributed by atoms with Gasteiger partial charge in [0.2, 0.25) is 0 Å². The number of hydrogen-bond acceptors (Lipinski definition) is 5. The zero-order valence-corrected chi connectivity index (χ0v) is 15.8. The number of rotatable bonds is 6. The van der Waals surface area contributed by atoms with Crippen molar-refractivity contribution < 1.29 is 4.74 Å². The summed E-state index contributed by atoms with van der Waals surface area (Å²) in [6, 6.07) is 4.65. The van der Waals surface area contributed by atoms with Crippen molar-refractivity contribution in [3.05, 3.63) is 49.4 Å². The molecule has 1 atom stereocenters. The van der Waals surface area contributed by atoms with Crippen molar-refractivity contribution in [2.75, 3.05) is 19.0 Å². The minimum absolute atomic E-state index is 0.0180. The van der Waals surface area contributed by atoms with Gasteiger partial charge < -0.3 is 14.6 Å². The second-order valence-electron chi connectivity index (χ2n) is 5.19. The Kier molecular flexibility index (Phi) is 6.68. The van der Waals surface area contributed by atoms with E-state index in [4.69, 9.17) is 44.8 Å². The Labute approximate surface area is 159 Å². The van der Waals surface area contributed by atoms with Crippen LogP contribution in [0.4, 0.5) is 11.5 Å². The molecule has 0 saturated carbocycles. The van der Waals surface area contributed by atoms with Gasteiger partial charge in [0.25, 0.3) is 5.56 Å². The average Bonchev–Trinajstić information content (AvgIpc) is 2.58. The molecular weight excluding hydrogens is 387 g/mol. The molecule has 0 aliphatic carbocycles. The maximum Gasteiger partial charge on any atom is 0.294 e. The number of nitrogens with zero attached hydrogens (tertiary/aromatic N) is 3. The fraction of sp³-hybridized carbons (Fsp3) is 0.312. The molecule has 1 aromatic carbocycles. The minimum atomic E-state index is -0.384. The Hall–Kier alpha value is -1.78. The summed E-state index contributed by atoms with van der Waals surface area (Å²) < 4.78 is 6.61. The highest BCUT2D eigenvalue weighted by atomic mass is 35.5. The quantitative estimate of drug-likeness (QED) is 0.775. The second kappa shape index (κ2) is 8.54. The van der Waals surface area contributed by atoms with Crippen LogP contribution in [0.3, 0.4) is 0 Å². The van der Waals surface area contributed by atoms with Crippen LogP contribution in [-0.4, -0.2) is 23.3 Å². The van der Waals surface area contributed by atoms with Crippen LogP contribution in [0.1, 0.15) is 24.9 Å². The van der Waals surface area contributed by atoms with Crippen molar-refractivity contribution >= 4 is 46.3 Å². The summed E-state index contributed by atoms with van der Waals surface area (Å²) in [4.78, 5) is 16.8. The number of hydrogen-bond donors (Lipinski definition) is 1. The summed E-state index contributed by atoms with van der Waals surface area (Å²) in [5, 5.41) is 12.3. The third kappa shape index (κ3) is 4.44. The maximum atomic E-state index is 12.7. The lowest BCUT2D eigenvalue weighted by Gasteiger charge is -2.19. The SMILES string of the molecule is CC[C@H](COC)n1cc(Cl)nc(Nc2c(Cl)cc(C#N)cc2Cl)c1=O. The third-order valence-corrected chi connectivity index (χ3v) is 4.32. The van der Waals surface area contributed by atoms with Crippen LogP contribution in [0.15, 0.2) is 23.1 Å². The van der Waals surface area contributed by atoms with E-state index in [9.17, 15) is 4.79 Å². The number of anilines is 2. The number of benzene rings is 1. The molecule has 0 fully saturated rings. The van der Waals surface area contributed by atoms with Crippen molar-refractivity contribution in [2.24, 2.45) is 0 Å². The summed E-state index contributed by atoms with van der Waals surface area (Å²) in [6.45, 7) is 2.29. The first kappa shape index (κ1) is 19.5. The van der Waals surface area contributed by atoms with Crippen LogP contribution in [0.25, 0.3) is 0 Å². The molecule has 0 aliphatic rings. The Morgan fingerprint density at radius 2 is 2.00 bits per heavy atom. The molecule has 2 aromatic rings. The normalized spacial score (nSPS) is 11.8. The lowest BCUT2D eigenvalue weighted by atomic mass is 10.2. The molecule has 0 bridgehead atoms. The molecule has 132 valence electrons. The first-order valence-electron chi connectivity index (χ1n) is 7.35. The molecule has 9 heteroatoms. The molecule has 6 nitrogen and oxygen atoms in total. The van der Waals surface area contributed by atoms with E-state index in [2.05, 4.69) is 10.3 Å². The summed E-state index contributed by atoms with van der Waals surface area (Å²) in [6.07, 6.45) is 2.14. The van der Waals surface area contributed by atoms with Gasteiger partial charge in [-0.1, -0.05) is 41.7 Å². The highest BCUT2D eigenvalue weighted by molar-refractivity contribution is 6.39. The van der Waals surface area contributed by atoms with Crippen molar-refractivity contribution in [1.82, 2.24) is 9.55 Å². The van der Waals surface area contributed by atoms with Crippen LogP contribution in [0.5, 0.6) is 0 Å². The monoisotopic (exact) mass is 400 g/mol. The molecule has 2 rings (SSSR count). The third-order valence-electron chi connectivity index (χ3n) is 3.54. The molecule has 1 heterocycles. The predicted molar refractivity (Wildman–Crippen MR) is 99.2 cm³/mol. The van der Waals surface area contributed by atoms with E-state index in [-0.39, 0.29) is 38.3 Å². The molecule has 0 aliphatic heterocycles. The largest absolute Gasteiger partial charge is 0.383 e. The van der Waals surface area contributed by atoms with Gasteiger partial charge in [-0.25, -0.2) is 4.98 Å². The maximum absolute atomic E-state index is 12.7. The lowest BCUT2D eigenvalue weighted by molar-refractivity contribution is 0.151. The zero-order valence-electron chi connectivity index (χ0n) is 13.5. The first-order chi connectivity index (χ1) is 11.9. The highest BCUT2D eigenvalue weighted by Gasteiger charge is 2.17. The fourth-order valence-electron chi connectivity index (χ4n) is 2.29. The molecule has 0 saturated heterocycles. The molecule has 0 unspecified atom stereocenters. The van der Waals surface area contributed by atoms with Gasteiger partial charge in [-0.3, -0.25) is 4.79 Å². The molecular formula is C16H15Cl3N4O2.